The number of hydrogen-bond acceptors (Lipinski definition) is 4. The zero-order valence-corrected chi connectivity index (χ0v) is 9.73. The van der Waals surface area contributed by atoms with Crippen LogP contribution in [0.4, 0.5) is 0 Å². The summed E-state index contributed by atoms with van der Waals surface area (Å²) in [4.78, 5) is 18.1. The van der Waals surface area contributed by atoms with E-state index in [4.69, 9.17) is 4.74 Å². The highest BCUT2D eigenvalue weighted by Crippen LogP contribution is 2.03. The van der Waals surface area contributed by atoms with Gasteiger partial charge in [-0.05, 0) is 13.1 Å². The summed E-state index contributed by atoms with van der Waals surface area (Å²) in [6.45, 7) is 7.19. The third-order valence-electron chi connectivity index (χ3n) is 3.19. The Morgan fingerprint density at radius 3 is 2.31 bits per heavy atom. The molecule has 2 fully saturated rings. The Hall–Kier alpha value is -0.650. The van der Waals surface area contributed by atoms with E-state index in [1.807, 2.05) is 4.90 Å². The van der Waals surface area contributed by atoms with E-state index in [0.717, 1.165) is 39.3 Å². The first-order valence-electron chi connectivity index (χ1n) is 5.89. The largest absolute Gasteiger partial charge is 0.457 e. The Morgan fingerprint density at radius 1 is 1.06 bits per heavy atom. The minimum absolute atomic E-state index is 0.237. The number of ether oxygens (including phenoxy) is 1. The first kappa shape index (κ1) is 11.8. The van der Waals surface area contributed by atoms with Crippen LogP contribution in [-0.4, -0.2) is 79.6 Å². The van der Waals surface area contributed by atoms with Gasteiger partial charge in [-0.1, -0.05) is 0 Å². The highest BCUT2D eigenvalue weighted by Gasteiger charge is 2.20. The molecule has 1 amide bonds. The van der Waals surface area contributed by atoms with Crippen molar-refractivity contribution in [2.24, 2.45) is 0 Å². The highest BCUT2D eigenvalue weighted by molar-refractivity contribution is 5.78. The van der Waals surface area contributed by atoms with Gasteiger partial charge in [0.05, 0.1) is 19.8 Å². The molecule has 16 heavy (non-hydrogen) atoms. The number of amides is 1. The van der Waals surface area contributed by atoms with Crippen LogP contribution in [-0.2, 0) is 9.53 Å². The molecule has 2 rings (SSSR count). The molecular formula is C11H20N3O2-. The molecule has 0 aromatic rings. The molecule has 0 radical (unpaired) electrons. The maximum Gasteiger partial charge on any atom is 0.236 e. The molecule has 2 heterocycles. The van der Waals surface area contributed by atoms with Crippen LogP contribution in [0.5, 0.6) is 0 Å². The molecule has 0 bridgehead atoms. The van der Waals surface area contributed by atoms with Crippen LogP contribution >= 0.6 is 0 Å². The van der Waals surface area contributed by atoms with Crippen molar-refractivity contribution >= 4 is 5.91 Å². The molecule has 2 aliphatic rings. The quantitative estimate of drug-likeness (QED) is 0.581. The second-order valence-corrected chi connectivity index (χ2v) is 4.39. The fraction of sp³-hybridized carbons (Fsp3) is 0.818. The molecule has 0 aromatic carbocycles. The normalized spacial score (nSPS) is 24.7. The summed E-state index contributed by atoms with van der Waals surface area (Å²) in [5.74, 6) is 0.237. The van der Waals surface area contributed by atoms with E-state index in [-0.39, 0.29) is 5.91 Å². The van der Waals surface area contributed by atoms with E-state index >= 15 is 0 Å². The van der Waals surface area contributed by atoms with E-state index in [1.165, 1.54) is 0 Å². The van der Waals surface area contributed by atoms with Crippen molar-refractivity contribution in [2.45, 2.75) is 0 Å². The molecule has 0 atom stereocenters. The molecule has 2 saturated heterocycles. The maximum atomic E-state index is 11.9. The summed E-state index contributed by atoms with van der Waals surface area (Å²) >= 11 is 0. The van der Waals surface area contributed by atoms with Gasteiger partial charge in [-0.2, -0.15) is 0 Å². The van der Waals surface area contributed by atoms with Crippen LogP contribution in [0.3, 0.4) is 0 Å². The second-order valence-electron chi connectivity index (χ2n) is 4.39. The first-order chi connectivity index (χ1) is 7.75. The first-order valence-corrected chi connectivity index (χ1v) is 5.89. The molecule has 2 aliphatic heterocycles. The zero-order chi connectivity index (χ0) is 11.4. The summed E-state index contributed by atoms with van der Waals surface area (Å²) in [5.41, 5.74) is 0. The summed E-state index contributed by atoms with van der Waals surface area (Å²) in [6.07, 6.45) is 0. The summed E-state index contributed by atoms with van der Waals surface area (Å²) in [6, 6.07) is 0. The van der Waals surface area contributed by atoms with Crippen LogP contribution < -0.4 is 0 Å². The Labute approximate surface area is 96.9 Å². The summed E-state index contributed by atoms with van der Waals surface area (Å²) in [7, 11) is 3.90. The van der Waals surface area contributed by atoms with Crippen molar-refractivity contribution in [1.29, 1.82) is 0 Å². The Morgan fingerprint density at radius 2 is 1.69 bits per heavy atom. The predicted molar refractivity (Wildman–Crippen MR) is 60.8 cm³/mol. The zero-order valence-electron chi connectivity index (χ0n) is 9.73. The van der Waals surface area contributed by atoms with Gasteiger partial charge in [-0.15, -0.1) is 0 Å². The lowest BCUT2D eigenvalue weighted by atomic mass is 10.3. The van der Waals surface area contributed by atoms with Crippen LogP contribution in [0.2, 0.25) is 0 Å². The smallest absolute Gasteiger partial charge is 0.236 e. The van der Waals surface area contributed by atoms with Gasteiger partial charge in [0.1, 0.15) is 0 Å². The van der Waals surface area contributed by atoms with E-state index in [1.54, 1.807) is 0 Å². The van der Waals surface area contributed by atoms with E-state index in [0.29, 0.717) is 19.8 Å². The van der Waals surface area contributed by atoms with E-state index in [9.17, 15) is 4.79 Å². The molecule has 5 heteroatoms. The predicted octanol–water partition coefficient (Wildman–Crippen LogP) is -0.746. The van der Waals surface area contributed by atoms with Crippen molar-refractivity contribution in [1.82, 2.24) is 14.7 Å². The third-order valence-corrected chi connectivity index (χ3v) is 3.19. The summed E-state index contributed by atoms with van der Waals surface area (Å²) in [5, 5.41) is 0. The topological polar surface area (TPSA) is 36.0 Å². The molecule has 0 aliphatic carbocycles. The molecule has 0 spiro atoms. The minimum Gasteiger partial charge on any atom is -0.457 e. The Bertz CT molecular complexity index is 233. The Kier molecular flexibility index (Phi) is 4.15. The van der Waals surface area contributed by atoms with Crippen molar-refractivity contribution in [3.8, 4) is 0 Å². The molecular weight excluding hydrogens is 206 g/mol. The number of piperazine rings is 1. The molecule has 0 saturated carbocycles. The van der Waals surface area contributed by atoms with Crippen LogP contribution in [0, 0.1) is 7.05 Å². The lowest BCUT2D eigenvalue weighted by Crippen LogP contribution is -2.50. The monoisotopic (exact) mass is 226 g/mol. The van der Waals surface area contributed by atoms with E-state index in [2.05, 4.69) is 16.8 Å². The van der Waals surface area contributed by atoms with Gasteiger partial charge in [0.15, 0.2) is 0 Å². The van der Waals surface area contributed by atoms with Crippen LogP contribution in [0.15, 0.2) is 0 Å². The molecule has 0 aromatic heterocycles. The van der Waals surface area contributed by atoms with E-state index < -0.39 is 0 Å². The Balaban J connectivity index is 1.73. The van der Waals surface area contributed by atoms with Gasteiger partial charge in [-0.3, -0.25) is 16.7 Å². The lowest BCUT2D eigenvalue weighted by Gasteiger charge is -2.37. The van der Waals surface area contributed by atoms with Crippen molar-refractivity contribution in [3.05, 3.63) is 7.05 Å². The van der Waals surface area contributed by atoms with Crippen molar-refractivity contribution in [3.63, 3.8) is 0 Å². The van der Waals surface area contributed by atoms with Crippen molar-refractivity contribution < 1.29 is 9.53 Å². The average Bonchev–Trinajstić information content (AvgIpc) is 2.33. The summed E-state index contributed by atoms with van der Waals surface area (Å²) < 4.78 is 5.23. The number of nitrogens with zero attached hydrogens (tertiary/aromatic N) is 3. The van der Waals surface area contributed by atoms with Crippen LogP contribution in [0.25, 0.3) is 0 Å². The fourth-order valence-corrected chi connectivity index (χ4v) is 2.05. The lowest BCUT2D eigenvalue weighted by molar-refractivity contribution is -0.136. The number of carbonyl (C=O) groups excluding carboxylic acids is 1. The van der Waals surface area contributed by atoms with Gasteiger partial charge in [-0.25, -0.2) is 0 Å². The molecule has 0 N–H and O–H groups in total. The van der Waals surface area contributed by atoms with Gasteiger partial charge in [0.2, 0.25) is 5.91 Å². The molecule has 92 valence electrons. The maximum absolute atomic E-state index is 11.9. The number of carbonyl (C=O) groups is 1. The van der Waals surface area contributed by atoms with Gasteiger partial charge < -0.3 is 14.5 Å². The molecule has 0 unspecified atom stereocenters. The van der Waals surface area contributed by atoms with Crippen LogP contribution in [0.1, 0.15) is 0 Å². The third kappa shape index (κ3) is 3.17. The van der Waals surface area contributed by atoms with Gasteiger partial charge in [0.25, 0.3) is 0 Å². The number of morpholine rings is 1. The second kappa shape index (κ2) is 5.61. The SMILES string of the molecule is [CH2-]N1CCN(CC(=O)N2CCOCC2)CC1. The van der Waals surface area contributed by atoms with Gasteiger partial charge >= 0.3 is 0 Å². The van der Waals surface area contributed by atoms with Crippen molar-refractivity contribution in [2.75, 3.05) is 59.0 Å². The molecule has 5 nitrogen and oxygen atoms in total. The fourth-order valence-electron chi connectivity index (χ4n) is 2.05. The number of hydrogen-bond donors (Lipinski definition) is 0. The highest BCUT2D eigenvalue weighted by atomic mass is 16.5. The number of rotatable bonds is 2. The van der Waals surface area contributed by atoms with Gasteiger partial charge in [0, 0.05) is 26.2 Å². The average molecular weight is 226 g/mol. The minimum atomic E-state index is 0.237. The standard InChI is InChI=1S/C11H20N3O2/c1-12-2-4-13(5-3-12)10-11(15)14-6-8-16-9-7-14/h1-10H2/q-1.